The summed E-state index contributed by atoms with van der Waals surface area (Å²) in [7, 11) is 0. The van der Waals surface area contributed by atoms with Crippen LogP contribution >= 0.6 is 0 Å². The number of likely N-dealkylation sites (tertiary alicyclic amines) is 1. The Balaban J connectivity index is 1.61. The van der Waals surface area contributed by atoms with Gasteiger partial charge in [-0.15, -0.1) is 0 Å². The van der Waals surface area contributed by atoms with Crippen molar-refractivity contribution in [2.45, 2.75) is 25.1 Å². The molecule has 0 saturated carbocycles. The maximum absolute atomic E-state index is 13.9. The van der Waals surface area contributed by atoms with Crippen LogP contribution in [0.2, 0.25) is 0 Å². The Kier molecular flexibility index (Phi) is 4.91. The van der Waals surface area contributed by atoms with E-state index in [-0.39, 0.29) is 31.4 Å². The summed E-state index contributed by atoms with van der Waals surface area (Å²) >= 11 is 0. The predicted octanol–water partition coefficient (Wildman–Crippen LogP) is 4.34. The highest BCUT2D eigenvalue weighted by molar-refractivity contribution is 5.94. The smallest absolute Gasteiger partial charge is 0.338 e. The number of carbonyl (C=O) groups is 1. The average molecular weight is 428 g/mol. The van der Waals surface area contributed by atoms with Crippen molar-refractivity contribution in [2.24, 2.45) is 0 Å². The zero-order chi connectivity index (χ0) is 21.6. The summed E-state index contributed by atoms with van der Waals surface area (Å²) in [4.78, 5) is 20.1. The fourth-order valence-corrected chi connectivity index (χ4v) is 3.74. The lowest BCUT2D eigenvalue weighted by molar-refractivity contribution is -0.147. The number of halogens is 6. The van der Waals surface area contributed by atoms with Crippen LogP contribution in [-0.2, 0) is 6.18 Å². The lowest BCUT2D eigenvalue weighted by Crippen LogP contribution is -2.40. The molecule has 4 rings (SSSR count). The number of imidazole rings is 1. The molecular weight excluding hydrogens is 414 g/mol. The van der Waals surface area contributed by atoms with E-state index in [4.69, 9.17) is 0 Å². The molecule has 0 bridgehead atoms. The number of carbonyl (C=O) groups excluding carboxylic acids is 1. The van der Waals surface area contributed by atoms with Gasteiger partial charge >= 0.3 is 6.18 Å². The molecule has 0 aliphatic carbocycles. The highest BCUT2D eigenvalue weighted by atomic mass is 19.4. The zero-order valence-electron chi connectivity index (χ0n) is 15.3. The van der Waals surface area contributed by atoms with Crippen molar-refractivity contribution in [3.8, 4) is 0 Å². The van der Waals surface area contributed by atoms with Gasteiger partial charge in [0.25, 0.3) is 5.91 Å². The van der Waals surface area contributed by atoms with Crippen molar-refractivity contribution in [1.82, 2.24) is 19.4 Å². The molecule has 3 aromatic rings. The predicted molar refractivity (Wildman–Crippen MR) is 93.0 cm³/mol. The first-order valence-electron chi connectivity index (χ1n) is 9.01. The number of nitrogens with zero attached hydrogens (tertiary/aromatic N) is 4. The number of piperidine rings is 1. The molecule has 11 heteroatoms. The van der Waals surface area contributed by atoms with Crippen LogP contribution in [0.3, 0.4) is 0 Å². The number of hydrogen-bond acceptors (Lipinski definition) is 3. The van der Waals surface area contributed by atoms with E-state index in [2.05, 4.69) is 9.97 Å². The maximum Gasteiger partial charge on any atom is 0.449 e. The highest BCUT2D eigenvalue weighted by Gasteiger charge is 2.40. The summed E-state index contributed by atoms with van der Waals surface area (Å²) in [5.74, 6) is -6.71. The summed E-state index contributed by atoms with van der Waals surface area (Å²) < 4.78 is 82.7. The van der Waals surface area contributed by atoms with Crippen molar-refractivity contribution >= 4 is 16.9 Å². The van der Waals surface area contributed by atoms with Gasteiger partial charge < -0.3 is 9.47 Å². The van der Waals surface area contributed by atoms with E-state index in [1.165, 1.54) is 12.1 Å². The van der Waals surface area contributed by atoms with Crippen LogP contribution in [0.4, 0.5) is 26.3 Å². The molecule has 1 fully saturated rings. The van der Waals surface area contributed by atoms with Crippen LogP contribution in [-0.4, -0.2) is 38.4 Å². The second-order valence-corrected chi connectivity index (χ2v) is 6.90. The van der Waals surface area contributed by atoms with Crippen molar-refractivity contribution in [3.05, 3.63) is 59.4 Å². The Morgan fingerprint density at radius 1 is 1.07 bits per heavy atom. The molecule has 30 heavy (non-hydrogen) atoms. The number of hydrogen-bond donors (Lipinski definition) is 0. The third-order valence-electron chi connectivity index (χ3n) is 5.11. The topological polar surface area (TPSA) is 51.0 Å². The Bertz CT molecular complexity index is 1120. The van der Waals surface area contributed by atoms with Gasteiger partial charge in [-0.25, -0.2) is 18.7 Å². The molecule has 1 saturated heterocycles. The first-order chi connectivity index (χ1) is 14.2. The third-order valence-corrected chi connectivity index (χ3v) is 5.11. The van der Waals surface area contributed by atoms with Gasteiger partial charge in [0.05, 0.1) is 17.2 Å². The van der Waals surface area contributed by atoms with Crippen LogP contribution in [0.5, 0.6) is 0 Å². The molecule has 2 aromatic heterocycles. The normalized spacial score (nSPS) is 15.7. The van der Waals surface area contributed by atoms with E-state index < -0.39 is 47.1 Å². The van der Waals surface area contributed by atoms with Crippen molar-refractivity contribution in [1.29, 1.82) is 0 Å². The molecule has 158 valence electrons. The number of rotatable bonds is 2. The Labute approximate surface area is 165 Å². The average Bonchev–Trinajstić information content (AvgIpc) is 3.11. The first-order valence-corrected chi connectivity index (χ1v) is 9.01. The maximum atomic E-state index is 13.9. The lowest BCUT2D eigenvalue weighted by atomic mass is 10.0. The van der Waals surface area contributed by atoms with Crippen molar-refractivity contribution in [2.75, 3.05) is 13.1 Å². The summed E-state index contributed by atoms with van der Waals surface area (Å²) in [5.41, 5.74) is -0.562. The van der Waals surface area contributed by atoms with Gasteiger partial charge in [0, 0.05) is 19.1 Å². The molecule has 1 aromatic carbocycles. The van der Waals surface area contributed by atoms with E-state index >= 15 is 0 Å². The molecule has 0 unspecified atom stereocenters. The minimum Gasteiger partial charge on any atom is -0.338 e. The van der Waals surface area contributed by atoms with Gasteiger partial charge in [-0.3, -0.25) is 4.79 Å². The van der Waals surface area contributed by atoms with E-state index in [1.807, 2.05) is 0 Å². The fourth-order valence-electron chi connectivity index (χ4n) is 3.74. The molecule has 1 aliphatic heterocycles. The van der Waals surface area contributed by atoms with Crippen LogP contribution in [0, 0.1) is 17.6 Å². The molecular formula is C19H14F6N4O. The van der Waals surface area contributed by atoms with E-state index in [0.29, 0.717) is 11.7 Å². The summed E-state index contributed by atoms with van der Waals surface area (Å²) in [6, 6.07) is 5.56. The minimum absolute atomic E-state index is 0.0594. The molecule has 0 spiro atoms. The van der Waals surface area contributed by atoms with Gasteiger partial charge in [-0.2, -0.15) is 17.6 Å². The van der Waals surface area contributed by atoms with Crippen molar-refractivity contribution in [3.63, 3.8) is 0 Å². The third kappa shape index (κ3) is 3.37. The number of pyridine rings is 1. The van der Waals surface area contributed by atoms with Gasteiger partial charge in [0.15, 0.2) is 11.6 Å². The fraction of sp³-hybridized carbons (Fsp3) is 0.316. The largest absolute Gasteiger partial charge is 0.449 e. The van der Waals surface area contributed by atoms with Gasteiger partial charge in [0.2, 0.25) is 11.8 Å². The highest BCUT2D eigenvalue weighted by Crippen LogP contribution is 2.37. The van der Waals surface area contributed by atoms with Gasteiger partial charge in [0.1, 0.15) is 5.56 Å². The number of benzene rings is 1. The SMILES string of the molecule is O=C(c1c(F)cnc(F)c1F)N1CCC(n2c(C(F)(F)F)nc3ccccc32)CC1. The van der Waals surface area contributed by atoms with Crippen LogP contribution in [0.15, 0.2) is 30.5 Å². The lowest BCUT2D eigenvalue weighted by Gasteiger charge is -2.33. The number of alkyl halides is 3. The van der Waals surface area contributed by atoms with Crippen LogP contribution < -0.4 is 0 Å². The zero-order valence-corrected chi connectivity index (χ0v) is 15.3. The Morgan fingerprint density at radius 2 is 1.73 bits per heavy atom. The van der Waals surface area contributed by atoms with Crippen LogP contribution in [0.25, 0.3) is 11.0 Å². The van der Waals surface area contributed by atoms with E-state index in [0.717, 1.165) is 9.47 Å². The monoisotopic (exact) mass is 428 g/mol. The Hall–Kier alpha value is -3.11. The quantitative estimate of drug-likeness (QED) is 0.451. The second kappa shape index (κ2) is 7.29. The van der Waals surface area contributed by atoms with Gasteiger partial charge in [-0.05, 0) is 25.0 Å². The summed E-state index contributed by atoms with van der Waals surface area (Å²) in [6.45, 7) is -0.119. The molecule has 3 heterocycles. The second-order valence-electron chi connectivity index (χ2n) is 6.90. The standard InChI is InChI=1S/C19H14F6N4O/c20-11-9-26-16(22)15(21)14(11)17(30)28-7-5-10(6-8-28)29-13-4-2-1-3-12(13)27-18(29)19(23,24)25/h1-4,9-10H,5-8H2. The molecule has 1 amide bonds. The number of fused-ring (bicyclic) bond motifs is 1. The Morgan fingerprint density at radius 3 is 2.40 bits per heavy atom. The summed E-state index contributed by atoms with van der Waals surface area (Å²) in [5, 5.41) is 0. The van der Waals surface area contributed by atoms with Gasteiger partial charge in [-0.1, -0.05) is 12.1 Å². The molecule has 5 nitrogen and oxygen atoms in total. The van der Waals surface area contributed by atoms with E-state index in [1.54, 1.807) is 12.1 Å². The molecule has 0 atom stereocenters. The molecule has 0 radical (unpaired) electrons. The minimum atomic E-state index is -4.67. The number of aromatic nitrogens is 3. The number of amides is 1. The van der Waals surface area contributed by atoms with E-state index in [9.17, 15) is 31.1 Å². The molecule has 1 aliphatic rings. The number of para-hydroxylation sites is 2. The van der Waals surface area contributed by atoms with Crippen molar-refractivity contribution < 1.29 is 31.1 Å². The summed E-state index contributed by atoms with van der Waals surface area (Å²) in [6.07, 6.45) is -4.06. The van der Waals surface area contributed by atoms with Crippen LogP contribution in [0.1, 0.15) is 35.1 Å². The first kappa shape index (κ1) is 20.2. The molecule has 0 N–H and O–H groups in total.